The number of hydrogen-bond acceptors (Lipinski definition) is 3. The van der Waals surface area contributed by atoms with Gasteiger partial charge in [-0.05, 0) is 43.5 Å². The molecule has 2 N–H and O–H groups in total. The molecular formula is C16H20N2S. The molecule has 3 heteroatoms. The van der Waals surface area contributed by atoms with Crippen molar-refractivity contribution in [2.45, 2.75) is 31.0 Å². The number of aromatic nitrogens is 1. The third-order valence-electron chi connectivity index (χ3n) is 2.98. The first-order valence-electron chi connectivity index (χ1n) is 6.53. The maximum Gasteiger partial charge on any atom is 0.0992 e. The quantitative estimate of drug-likeness (QED) is 0.847. The Morgan fingerprint density at radius 2 is 2.00 bits per heavy atom. The zero-order valence-electron chi connectivity index (χ0n) is 11.5. The number of thioether (sulfide) groups is 1. The van der Waals surface area contributed by atoms with Gasteiger partial charge in [0.15, 0.2) is 0 Å². The first-order chi connectivity index (χ1) is 9.19. The maximum atomic E-state index is 5.56. The summed E-state index contributed by atoms with van der Waals surface area (Å²) in [5.41, 5.74) is 10.7. The van der Waals surface area contributed by atoms with E-state index in [-0.39, 0.29) is 0 Å². The molecule has 1 aromatic carbocycles. The number of benzene rings is 1. The van der Waals surface area contributed by atoms with Gasteiger partial charge in [-0.3, -0.25) is 0 Å². The lowest BCUT2D eigenvalue weighted by molar-refractivity contribution is 0.935. The van der Waals surface area contributed by atoms with Crippen LogP contribution in [0.15, 0.2) is 41.6 Å². The summed E-state index contributed by atoms with van der Waals surface area (Å²) >= 11 is 1.79. The molecule has 0 aliphatic carbocycles. The number of nitrogens with zero attached hydrogens (tertiary/aromatic N) is 1. The van der Waals surface area contributed by atoms with E-state index in [9.17, 15) is 0 Å². The van der Waals surface area contributed by atoms with Crippen molar-refractivity contribution in [2.24, 2.45) is 5.73 Å². The van der Waals surface area contributed by atoms with Gasteiger partial charge in [-0.25, -0.2) is 4.98 Å². The zero-order valence-corrected chi connectivity index (χ0v) is 12.3. The van der Waals surface area contributed by atoms with Crippen molar-refractivity contribution in [2.75, 3.05) is 6.54 Å². The highest BCUT2D eigenvalue weighted by Crippen LogP contribution is 2.24. The lowest BCUT2D eigenvalue weighted by atomic mass is 10.2. The molecule has 1 heterocycles. The second kappa shape index (κ2) is 6.73. The van der Waals surface area contributed by atoms with Gasteiger partial charge < -0.3 is 5.73 Å². The number of aryl methyl sites for hydroxylation is 2. The van der Waals surface area contributed by atoms with Gasteiger partial charge in [0.05, 0.1) is 5.03 Å². The molecule has 0 radical (unpaired) electrons. The summed E-state index contributed by atoms with van der Waals surface area (Å²) in [6, 6.07) is 10.8. The molecule has 2 nitrogen and oxygen atoms in total. The first kappa shape index (κ1) is 14.1. The molecule has 0 atom stereocenters. The van der Waals surface area contributed by atoms with Crippen LogP contribution in [0.3, 0.4) is 0 Å². The van der Waals surface area contributed by atoms with Crippen molar-refractivity contribution in [3.05, 3.63) is 58.8 Å². The fourth-order valence-electron chi connectivity index (χ4n) is 2.03. The highest BCUT2D eigenvalue weighted by molar-refractivity contribution is 7.98. The van der Waals surface area contributed by atoms with E-state index in [1.54, 1.807) is 11.8 Å². The third-order valence-corrected chi connectivity index (χ3v) is 4.16. The van der Waals surface area contributed by atoms with Gasteiger partial charge in [-0.1, -0.05) is 35.9 Å². The fraction of sp³-hybridized carbons (Fsp3) is 0.312. The van der Waals surface area contributed by atoms with E-state index in [0.717, 1.165) is 17.2 Å². The summed E-state index contributed by atoms with van der Waals surface area (Å²) in [7, 11) is 0. The molecule has 0 fully saturated rings. The molecule has 0 amide bonds. The fourth-order valence-corrected chi connectivity index (χ4v) is 2.93. The molecule has 2 rings (SSSR count). The van der Waals surface area contributed by atoms with Crippen molar-refractivity contribution in [1.82, 2.24) is 4.98 Å². The van der Waals surface area contributed by atoms with Crippen LogP contribution in [0.4, 0.5) is 0 Å². The Kier molecular flexibility index (Phi) is 5.00. The van der Waals surface area contributed by atoms with Gasteiger partial charge >= 0.3 is 0 Å². The van der Waals surface area contributed by atoms with Gasteiger partial charge in [0.2, 0.25) is 0 Å². The molecule has 0 aliphatic heterocycles. The second-order valence-corrected chi connectivity index (χ2v) is 5.75. The highest BCUT2D eigenvalue weighted by Gasteiger charge is 2.03. The predicted molar refractivity (Wildman–Crippen MR) is 82.5 cm³/mol. The molecule has 0 unspecified atom stereocenters. The molecule has 0 aliphatic rings. The molecule has 0 bridgehead atoms. The Morgan fingerprint density at radius 3 is 2.68 bits per heavy atom. The molecule has 0 saturated carbocycles. The minimum absolute atomic E-state index is 0.677. The summed E-state index contributed by atoms with van der Waals surface area (Å²) in [5.74, 6) is 0.964. The van der Waals surface area contributed by atoms with Crippen molar-refractivity contribution in [1.29, 1.82) is 0 Å². The summed E-state index contributed by atoms with van der Waals surface area (Å²) < 4.78 is 0. The summed E-state index contributed by atoms with van der Waals surface area (Å²) in [6.07, 6.45) is 2.84. The number of nitrogens with two attached hydrogens (primary N) is 1. The standard InChI is InChI=1S/C16H20N2S/c1-12-4-3-5-15(8-12)11-19-16-13(2)9-14(6-7-17)10-18-16/h3-5,8-10H,6-7,11,17H2,1-2H3. The summed E-state index contributed by atoms with van der Waals surface area (Å²) in [5, 5.41) is 1.11. The van der Waals surface area contributed by atoms with Gasteiger partial charge in [0.25, 0.3) is 0 Å². The maximum absolute atomic E-state index is 5.56. The number of rotatable bonds is 5. The van der Waals surface area contributed by atoms with E-state index in [2.05, 4.69) is 49.2 Å². The van der Waals surface area contributed by atoms with E-state index in [0.29, 0.717) is 6.54 Å². The Balaban J connectivity index is 2.03. The topological polar surface area (TPSA) is 38.9 Å². The second-order valence-electron chi connectivity index (χ2n) is 4.78. The lowest BCUT2D eigenvalue weighted by Crippen LogP contribution is -2.03. The van der Waals surface area contributed by atoms with E-state index in [1.165, 1.54) is 22.3 Å². The van der Waals surface area contributed by atoms with Crippen LogP contribution in [0.2, 0.25) is 0 Å². The Labute approximate surface area is 119 Å². The smallest absolute Gasteiger partial charge is 0.0992 e. The van der Waals surface area contributed by atoms with E-state index < -0.39 is 0 Å². The Hall–Kier alpha value is -1.32. The summed E-state index contributed by atoms with van der Waals surface area (Å²) in [4.78, 5) is 4.54. The van der Waals surface area contributed by atoms with Crippen LogP contribution in [0.5, 0.6) is 0 Å². The monoisotopic (exact) mass is 272 g/mol. The summed E-state index contributed by atoms with van der Waals surface area (Å²) in [6.45, 7) is 4.92. The normalized spacial score (nSPS) is 10.7. The molecule has 2 aromatic rings. The van der Waals surface area contributed by atoms with Crippen molar-refractivity contribution >= 4 is 11.8 Å². The van der Waals surface area contributed by atoms with Crippen molar-refractivity contribution < 1.29 is 0 Å². The molecule has 0 spiro atoms. The van der Waals surface area contributed by atoms with Gasteiger partial charge in [0, 0.05) is 11.9 Å². The van der Waals surface area contributed by atoms with Crippen LogP contribution in [0.1, 0.15) is 22.3 Å². The van der Waals surface area contributed by atoms with Crippen LogP contribution in [-0.2, 0) is 12.2 Å². The highest BCUT2D eigenvalue weighted by atomic mass is 32.2. The minimum Gasteiger partial charge on any atom is -0.330 e. The molecule has 1 aromatic heterocycles. The lowest BCUT2D eigenvalue weighted by Gasteiger charge is -2.07. The van der Waals surface area contributed by atoms with E-state index in [1.807, 2.05) is 6.20 Å². The molecular weight excluding hydrogens is 252 g/mol. The SMILES string of the molecule is Cc1cccc(CSc2ncc(CCN)cc2C)c1. The van der Waals surface area contributed by atoms with Crippen LogP contribution in [0.25, 0.3) is 0 Å². The Bertz CT molecular complexity index is 552. The minimum atomic E-state index is 0.677. The zero-order chi connectivity index (χ0) is 13.7. The molecule has 0 saturated heterocycles. The van der Waals surface area contributed by atoms with Gasteiger partial charge in [-0.15, -0.1) is 11.8 Å². The van der Waals surface area contributed by atoms with Gasteiger partial charge in [0.1, 0.15) is 0 Å². The number of hydrogen-bond donors (Lipinski definition) is 1. The molecule has 100 valence electrons. The van der Waals surface area contributed by atoms with Crippen LogP contribution in [0, 0.1) is 13.8 Å². The third kappa shape index (κ3) is 4.08. The van der Waals surface area contributed by atoms with Crippen molar-refractivity contribution in [3.63, 3.8) is 0 Å². The van der Waals surface area contributed by atoms with Crippen LogP contribution < -0.4 is 5.73 Å². The average molecular weight is 272 g/mol. The van der Waals surface area contributed by atoms with E-state index >= 15 is 0 Å². The first-order valence-corrected chi connectivity index (χ1v) is 7.51. The van der Waals surface area contributed by atoms with Crippen molar-refractivity contribution in [3.8, 4) is 0 Å². The largest absolute Gasteiger partial charge is 0.330 e. The number of pyridine rings is 1. The van der Waals surface area contributed by atoms with Crippen LogP contribution in [-0.4, -0.2) is 11.5 Å². The Morgan fingerprint density at radius 1 is 1.16 bits per heavy atom. The van der Waals surface area contributed by atoms with Gasteiger partial charge in [-0.2, -0.15) is 0 Å². The molecule has 19 heavy (non-hydrogen) atoms. The van der Waals surface area contributed by atoms with Crippen LogP contribution >= 0.6 is 11.8 Å². The van der Waals surface area contributed by atoms with E-state index in [4.69, 9.17) is 5.73 Å². The average Bonchev–Trinajstić information content (AvgIpc) is 2.38. The predicted octanol–water partition coefficient (Wildman–Crippen LogP) is 3.49.